The molecule has 1 aromatic rings. The number of rotatable bonds is 4. The van der Waals surface area contributed by atoms with Crippen LogP contribution >= 0.6 is 11.8 Å². The van der Waals surface area contributed by atoms with Gasteiger partial charge in [0.15, 0.2) is 0 Å². The van der Waals surface area contributed by atoms with Crippen molar-refractivity contribution in [2.24, 2.45) is 5.73 Å². The molecule has 2 aliphatic heterocycles. The van der Waals surface area contributed by atoms with Gasteiger partial charge in [0.25, 0.3) is 5.91 Å². The van der Waals surface area contributed by atoms with E-state index in [-0.39, 0.29) is 35.3 Å². The van der Waals surface area contributed by atoms with E-state index in [0.717, 1.165) is 0 Å². The Hall–Kier alpha value is -1.32. The fraction of sp³-hybridized carbons (Fsp3) is 0.312. The van der Waals surface area contributed by atoms with Gasteiger partial charge in [0, 0.05) is 5.75 Å². The van der Waals surface area contributed by atoms with Gasteiger partial charge in [-0.3, -0.25) is 14.5 Å². The molecule has 0 aliphatic carbocycles. The van der Waals surface area contributed by atoms with Gasteiger partial charge in [-0.25, -0.2) is 0 Å². The number of fused-ring (bicyclic) bond motifs is 1. The third-order valence-electron chi connectivity index (χ3n) is 4.09. The van der Waals surface area contributed by atoms with Crippen molar-refractivity contribution in [3.05, 3.63) is 47.2 Å². The summed E-state index contributed by atoms with van der Waals surface area (Å²) in [6.07, 6.45) is 0. The van der Waals surface area contributed by atoms with Gasteiger partial charge in [-0.15, -0.1) is 11.8 Å². The molecule has 9 heteroatoms. The summed E-state index contributed by atoms with van der Waals surface area (Å²) in [6.45, 7) is 1.65. The molecule has 2 aliphatic rings. The summed E-state index contributed by atoms with van der Waals surface area (Å²) in [7, 11) is 0. The van der Waals surface area contributed by atoms with E-state index < -0.39 is 35.2 Å². The second kappa shape index (κ2) is 7.92. The van der Waals surface area contributed by atoms with E-state index in [1.165, 1.54) is 16.7 Å². The smallest absolute Gasteiger partial charge is 0.543 e. The van der Waals surface area contributed by atoms with Gasteiger partial charge in [0.2, 0.25) is 5.91 Å². The molecule has 126 valence electrons. The SMILES string of the molecule is CC1=C(C(=O)[O-])N2C(=O)[C@@H](NC(=O)[C@H](N)c3ccccc3)[C@H]2SC1.[Na+]. The number of carbonyl (C=O) groups excluding carboxylic acids is 3. The minimum absolute atomic E-state index is 0. The number of aliphatic carboxylic acids is 1. The molecule has 1 fully saturated rings. The maximum atomic E-state index is 12.3. The number of carboxylic acids is 1. The van der Waals surface area contributed by atoms with Gasteiger partial charge < -0.3 is 21.0 Å². The third kappa shape index (κ3) is 3.63. The van der Waals surface area contributed by atoms with Crippen molar-refractivity contribution in [3.8, 4) is 0 Å². The standard InChI is InChI=1S/C16H17N3O4S.Na/c1-8-7-24-15-11(14(21)19(15)12(8)16(22)23)18-13(20)10(17)9-5-3-2-4-6-9;/h2-6,10-11,15H,7,17H2,1H3,(H,18,20)(H,22,23);/q;+1/p-1/t10-,11-,15-;/m1./s1. The molecule has 0 aromatic heterocycles. The molecule has 0 unspecified atom stereocenters. The molecule has 3 N–H and O–H groups in total. The molecule has 1 saturated heterocycles. The first-order valence-electron chi connectivity index (χ1n) is 7.38. The summed E-state index contributed by atoms with van der Waals surface area (Å²) in [5.74, 6) is -1.84. The Morgan fingerprint density at radius 1 is 1.36 bits per heavy atom. The zero-order valence-electron chi connectivity index (χ0n) is 13.9. The fourth-order valence-corrected chi connectivity index (χ4v) is 4.11. The van der Waals surface area contributed by atoms with Gasteiger partial charge in [-0.05, 0) is 18.1 Å². The molecule has 0 bridgehead atoms. The van der Waals surface area contributed by atoms with Crippen molar-refractivity contribution < 1.29 is 49.0 Å². The number of hydrogen-bond acceptors (Lipinski definition) is 6. The summed E-state index contributed by atoms with van der Waals surface area (Å²) < 4.78 is 0. The molecule has 0 spiro atoms. The van der Waals surface area contributed by atoms with E-state index >= 15 is 0 Å². The summed E-state index contributed by atoms with van der Waals surface area (Å²) in [6, 6.07) is 7.16. The molecular weight excluding hydrogens is 353 g/mol. The number of amides is 2. The van der Waals surface area contributed by atoms with E-state index in [4.69, 9.17) is 5.73 Å². The average molecular weight is 369 g/mol. The van der Waals surface area contributed by atoms with E-state index in [9.17, 15) is 19.5 Å². The van der Waals surface area contributed by atoms with Crippen LogP contribution in [0.2, 0.25) is 0 Å². The van der Waals surface area contributed by atoms with E-state index in [1.807, 2.05) is 6.07 Å². The number of nitrogens with one attached hydrogen (secondary N) is 1. The number of β-lactam (4-membered cyclic amide) rings is 1. The summed E-state index contributed by atoms with van der Waals surface area (Å²) >= 11 is 1.40. The van der Waals surface area contributed by atoms with Crippen molar-refractivity contribution in [2.75, 3.05) is 5.75 Å². The zero-order chi connectivity index (χ0) is 17.4. The number of hydrogen-bond donors (Lipinski definition) is 2. The van der Waals surface area contributed by atoms with Crippen LogP contribution in [0.15, 0.2) is 41.6 Å². The van der Waals surface area contributed by atoms with Gasteiger partial charge in [0.05, 0.1) is 11.7 Å². The third-order valence-corrected chi connectivity index (χ3v) is 5.52. The number of thioether (sulfide) groups is 1. The molecule has 3 atom stereocenters. The Kier molecular flexibility index (Phi) is 6.34. The molecule has 3 rings (SSSR count). The first-order chi connectivity index (χ1) is 11.4. The number of nitrogens with two attached hydrogens (primary N) is 1. The van der Waals surface area contributed by atoms with Crippen LogP contribution < -0.4 is 45.7 Å². The molecule has 7 nitrogen and oxygen atoms in total. The van der Waals surface area contributed by atoms with Crippen molar-refractivity contribution in [1.29, 1.82) is 0 Å². The van der Waals surface area contributed by atoms with Gasteiger partial charge >= 0.3 is 29.6 Å². The van der Waals surface area contributed by atoms with E-state index in [1.54, 1.807) is 31.2 Å². The Bertz CT molecular complexity index is 740. The second-order valence-corrected chi connectivity index (χ2v) is 6.81. The molecule has 1 aromatic carbocycles. The van der Waals surface area contributed by atoms with Crippen LogP contribution in [-0.2, 0) is 14.4 Å². The van der Waals surface area contributed by atoms with Crippen LogP contribution in [0.5, 0.6) is 0 Å². The zero-order valence-corrected chi connectivity index (χ0v) is 16.7. The topological polar surface area (TPSA) is 116 Å². The minimum Gasteiger partial charge on any atom is -0.543 e. The summed E-state index contributed by atoms with van der Waals surface area (Å²) in [5.41, 5.74) is 7.04. The maximum absolute atomic E-state index is 12.3. The van der Waals surface area contributed by atoms with Gasteiger partial charge in [-0.1, -0.05) is 30.3 Å². The number of carbonyl (C=O) groups is 3. The van der Waals surface area contributed by atoms with Crippen LogP contribution in [0.4, 0.5) is 0 Å². The fourth-order valence-electron chi connectivity index (χ4n) is 2.82. The van der Waals surface area contributed by atoms with Gasteiger partial charge in [0.1, 0.15) is 17.5 Å². The summed E-state index contributed by atoms with van der Waals surface area (Å²) in [5, 5.41) is 13.4. The first-order valence-corrected chi connectivity index (χ1v) is 8.43. The number of benzene rings is 1. The van der Waals surface area contributed by atoms with Crippen molar-refractivity contribution in [1.82, 2.24) is 10.2 Å². The van der Waals surface area contributed by atoms with Crippen molar-refractivity contribution >= 4 is 29.5 Å². The van der Waals surface area contributed by atoms with E-state index in [0.29, 0.717) is 16.9 Å². The minimum atomic E-state index is -1.38. The molecule has 0 saturated carbocycles. The Labute approximate surface area is 171 Å². The first kappa shape index (κ1) is 20.0. The second-order valence-electron chi connectivity index (χ2n) is 5.70. The van der Waals surface area contributed by atoms with Crippen LogP contribution in [-0.4, -0.2) is 39.9 Å². The van der Waals surface area contributed by atoms with Crippen LogP contribution in [0.3, 0.4) is 0 Å². The maximum Gasteiger partial charge on any atom is 1.00 e. The normalized spacial score (nSPS) is 23.1. The van der Waals surface area contributed by atoms with Crippen LogP contribution in [0.25, 0.3) is 0 Å². The van der Waals surface area contributed by atoms with Crippen LogP contribution in [0, 0.1) is 0 Å². The Morgan fingerprint density at radius 3 is 2.60 bits per heavy atom. The van der Waals surface area contributed by atoms with E-state index in [2.05, 4.69) is 5.32 Å². The predicted molar refractivity (Wildman–Crippen MR) is 86.1 cm³/mol. The molecular formula is C16H16N3NaO4S. The van der Waals surface area contributed by atoms with Gasteiger partial charge in [-0.2, -0.15) is 0 Å². The van der Waals surface area contributed by atoms with Crippen LogP contribution in [0.1, 0.15) is 18.5 Å². The number of carboxylic acid groups (broad SMARTS) is 1. The Balaban J connectivity index is 0.00000225. The molecule has 0 radical (unpaired) electrons. The monoisotopic (exact) mass is 369 g/mol. The van der Waals surface area contributed by atoms with Crippen molar-refractivity contribution in [2.45, 2.75) is 24.4 Å². The molecule has 2 amide bonds. The summed E-state index contributed by atoms with van der Waals surface area (Å²) in [4.78, 5) is 37.0. The molecule has 2 heterocycles. The predicted octanol–water partition coefficient (Wildman–Crippen LogP) is -3.89. The largest absolute Gasteiger partial charge is 1.00 e. The van der Waals surface area contributed by atoms with Crippen molar-refractivity contribution in [3.63, 3.8) is 0 Å². The number of nitrogens with zero attached hydrogens (tertiary/aromatic N) is 1. The quantitative estimate of drug-likeness (QED) is 0.414. The average Bonchev–Trinajstić information content (AvgIpc) is 2.59. The Morgan fingerprint density at radius 2 is 2.00 bits per heavy atom. The molecule has 25 heavy (non-hydrogen) atoms.